The van der Waals surface area contributed by atoms with E-state index in [0.717, 1.165) is 12.1 Å². The number of nitrogens with zero attached hydrogens (tertiary/aromatic N) is 1. The van der Waals surface area contributed by atoms with Crippen LogP contribution in [-0.4, -0.2) is 25.2 Å². The minimum absolute atomic E-state index is 0.00167. The summed E-state index contributed by atoms with van der Waals surface area (Å²) in [4.78, 5) is 30.0. The first-order valence-electron chi connectivity index (χ1n) is 12.2. The van der Waals surface area contributed by atoms with Gasteiger partial charge in [-0.05, 0) is 66.2 Å². The Morgan fingerprint density at radius 3 is 2.49 bits per heavy atom. The molecule has 2 amide bonds. The molecule has 0 saturated heterocycles. The van der Waals surface area contributed by atoms with Crippen LogP contribution in [0.2, 0.25) is 5.02 Å². The second-order valence-electron chi connectivity index (χ2n) is 9.46. The largest absolute Gasteiger partial charge is 0.416 e. The van der Waals surface area contributed by atoms with Gasteiger partial charge in [-0.15, -0.1) is 0 Å². The summed E-state index contributed by atoms with van der Waals surface area (Å²) in [6.07, 6.45) is -2.26. The number of alkyl halides is 3. The van der Waals surface area contributed by atoms with Gasteiger partial charge in [0.15, 0.2) is 0 Å². The van der Waals surface area contributed by atoms with Crippen molar-refractivity contribution < 1.29 is 40.0 Å². The highest BCUT2D eigenvalue weighted by molar-refractivity contribution is 7.91. The molecule has 0 aliphatic carbocycles. The quantitative estimate of drug-likeness (QED) is 0.213. The molecule has 8 nitrogen and oxygen atoms in total. The Kier molecular flexibility index (Phi) is 7.84. The summed E-state index contributed by atoms with van der Waals surface area (Å²) < 4.78 is 96.2. The van der Waals surface area contributed by atoms with Crippen molar-refractivity contribution in [3.05, 3.63) is 123 Å². The molecule has 222 valence electrons. The molecule has 4 aromatic rings. The molecule has 3 aromatic carbocycles. The SMILES string of the molecule is O=C(Nc1cc(CS(=O)(=O)Nc2cccnc2)cc2c1C(c1cc(F)ccc1Cl)NC2=O)c1cc(F)cc(C(F)(F)F)c1. The summed E-state index contributed by atoms with van der Waals surface area (Å²) in [5.74, 6) is -4.64. The zero-order chi connectivity index (χ0) is 31.1. The molecule has 1 aliphatic rings. The Labute approximate surface area is 246 Å². The lowest BCUT2D eigenvalue weighted by atomic mass is 9.94. The summed E-state index contributed by atoms with van der Waals surface area (Å²) in [6.45, 7) is 0. The summed E-state index contributed by atoms with van der Waals surface area (Å²) in [5.41, 5.74) is -2.13. The van der Waals surface area contributed by atoms with E-state index in [9.17, 15) is 40.0 Å². The molecule has 0 spiro atoms. The van der Waals surface area contributed by atoms with Crippen LogP contribution in [-0.2, 0) is 22.0 Å². The van der Waals surface area contributed by atoms with Gasteiger partial charge in [-0.2, -0.15) is 13.2 Å². The molecule has 15 heteroatoms. The second-order valence-corrected chi connectivity index (χ2v) is 11.6. The summed E-state index contributed by atoms with van der Waals surface area (Å²) in [5, 5.41) is 5.01. The Bertz CT molecular complexity index is 1870. The number of anilines is 2. The zero-order valence-corrected chi connectivity index (χ0v) is 23.0. The van der Waals surface area contributed by atoms with Crippen LogP contribution >= 0.6 is 11.6 Å². The highest BCUT2D eigenvalue weighted by atomic mass is 35.5. The summed E-state index contributed by atoms with van der Waals surface area (Å²) in [6, 6.07) is 8.88. The monoisotopic (exact) mass is 636 g/mol. The first-order valence-corrected chi connectivity index (χ1v) is 14.3. The van der Waals surface area contributed by atoms with Crippen molar-refractivity contribution in [2.75, 3.05) is 10.0 Å². The van der Waals surface area contributed by atoms with Gasteiger partial charge in [0.2, 0.25) is 10.0 Å². The first-order chi connectivity index (χ1) is 20.2. The number of benzene rings is 3. The number of pyridine rings is 1. The van der Waals surface area contributed by atoms with Gasteiger partial charge in [0.05, 0.1) is 29.2 Å². The van der Waals surface area contributed by atoms with Gasteiger partial charge in [0.1, 0.15) is 11.6 Å². The van der Waals surface area contributed by atoms with Gasteiger partial charge < -0.3 is 10.6 Å². The van der Waals surface area contributed by atoms with E-state index >= 15 is 0 Å². The lowest BCUT2D eigenvalue weighted by Crippen LogP contribution is -2.21. The molecule has 0 radical (unpaired) electrons. The molecule has 1 unspecified atom stereocenters. The fourth-order valence-corrected chi connectivity index (χ4v) is 5.97. The molecule has 1 aliphatic heterocycles. The number of aromatic nitrogens is 1. The highest BCUT2D eigenvalue weighted by Gasteiger charge is 2.36. The molecule has 3 N–H and O–H groups in total. The van der Waals surface area contributed by atoms with Gasteiger partial charge in [-0.1, -0.05) is 11.6 Å². The molecule has 0 saturated carbocycles. The summed E-state index contributed by atoms with van der Waals surface area (Å²) >= 11 is 6.27. The molecule has 1 aromatic heterocycles. The lowest BCUT2D eigenvalue weighted by Gasteiger charge is -2.19. The van der Waals surface area contributed by atoms with Crippen LogP contribution in [0.5, 0.6) is 0 Å². The van der Waals surface area contributed by atoms with Crippen LogP contribution in [0.15, 0.2) is 73.1 Å². The third kappa shape index (κ3) is 6.60. The van der Waals surface area contributed by atoms with E-state index < -0.39 is 62.6 Å². The molecule has 0 bridgehead atoms. The standard InChI is InChI=1S/C28H18ClF5N4O4S/c29-22-4-3-17(30)11-20(22)25-24-21(27(40)37-25)6-14(13-43(41,42)38-19-2-1-5-35-12-19)7-23(24)36-26(39)15-8-16(28(32,33)34)10-18(31)9-15/h1-12,25,38H,13H2,(H,36,39)(H,37,40). The third-order valence-electron chi connectivity index (χ3n) is 6.34. The molecular formula is C28H18ClF5N4O4S. The van der Waals surface area contributed by atoms with E-state index in [4.69, 9.17) is 11.6 Å². The van der Waals surface area contributed by atoms with E-state index in [1.165, 1.54) is 42.7 Å². The van der Waals surface area contributed by atoms with E-state index in [2.05, 4.69) is 20.3 Å². The van der Waals surface area contributed by atoms with Crippen LogP contribution in [0.3, 0.4) is 0 Å². The fraction of sp³-hybridized carbons (Fsp3) is 0.107. The third-order valence-corrected chi connectivity index (χ3v) is 7.95. The molecule has 2 heterocycles. The van der Waals surface area contributed by atoms with Gasteiger partial charge in [-0.25, -0.2) is 17.2 Å². The van der Waals surface area contributed by atoms with Crippen LogP contribution in [0.4, 0.5) is 33.3 Å². The first kappa shape index (κ1) is 29.9. The van der Waals surface area contributed by atoms with E-state index in [1.54, 1.807) is 0 Å². The molecule has 0 fully saturated rings. The predicted molar refractivity (Wildman–Crippen MR) is 147 cm³/mol. The number of carbonyl (C=O) groups excluding carboxylic acids is 2. The maximum absolute atomic E-state index is 14.2. The smallest absolute Gasteiger partial charge is 0.341 e. The van der Waals surface area contributed by atoms with Crippen molar-refractivity contribution in [3.63, 3.8) is 0 Å². The number of amides is 2. The van der Waals surface area contributed by atoms with Gasteiger partial charge in [0, 0.05) is 39.2 Å². The van der Waals surface area contributed by atoms with Crippen molar-refractivity contribution in [1.29, 1.82) is 0 Å². The predicted octanol–water partition coefficient (Wildman–Crippen LogP) is 6.06. The number of carbonyl (C=O) groups is 2. The molecule has 1 atom stereocenters. The summed E-state index contributed by atoms with van der Waals surface area (Å²) in [7, 11) is -4.11. The van der Waals surface area contributed by atoms with Gasteiger partial charge in [0.25, 0.3) is 11.8 Å². The molecule has 5 rings (SSSR count). The Morgan fingerprint density at radius 1 is 1.02 bits per heavy atom. The van der Waals surface area contributed by atoms with E-state index in [0.29, 0.717) is 12.1 Å². The lowest BCUT2D eigenvalue weighted by molar-refractivity contribution is -0.137. The Hall–Kier alpha value is -4.56. The van der Waals surface area contributed by atoms with Crippen molar-refractivity contribution in [3.8, 4) is 0 Å². The van der Waals surface area contributed by atoms with Gasteiger partial charge >= 0.3 is 6.18 Å². The zero-order valence-electron chi connectivity index (χ0n) is 21.5. The number of rotatable bonds is 7. The van der Waals surface area contributed by atoms with E-state index in [1.807, 2.05) is 0 Å². The van der Waals surface area contributed by atoms with Crippen LogP contribution in [0, 0.1) is 11.6 Å². The average molecular weight is 637 g/mol. The van der Waals surface area contributed by atoms with Crippen LogP contribution < -0.4 is 15.4 Å². The maximum atomic E-state index is 14.2. The normalized spacial score (nSPS) is 14.7. The number of nitrogens with one attached hydrogen (secondary N) is 3. The number of hydrogen-bond acceptors (Lipinski definition) is 5. The number of hydrogen-bond donors (Lipinski definition) is 3. The second kappa shape index (κ2) is 11.3. The number of sulfonamides is 1. The van der Waals surface area contributed by atoms with Crippen molar-refractivity contribution in [1.82, 2.24) is 10.3 Å². The highest BCUT2D eigenvalue weighted by Crippen LogP contribution is 2.40. The van der Waals surface area contributed by atoms with E-state index in [-0.39, 0.29) is 44.7 Å². The topological polar surface area (TPSA) is 117 Å². The average Bonchev–Trinajstić information content (AvgIpc) is 3.25. The van der Waals surface area contributed by atoms with Gasteiger partial charge in [-0.3, -0.25) is 19.3 Å². The fourth-order valence-electron chi connectivity index (χ4n) is 4.59. The van der Waals surface area contributed by atoms with Crippen LogP contribution in [0.25, 0.3) is 0 Å². The van der Waals surface area contributed by atoms with Crippen LogP contribution in [0.1, 0.15) is 49.0 Å². The minimum Gasteiger partial charge on any atom is -0.341 e. The number of fused-ring (bicyclic) bond motifs is 1. The molecule has 43 heavy (non-hydrogen) atoms. The van der Waals surface area contributed by atoms with Crippen molar-refractivity contribution >= 4 is 44.8 Å². The Balaban J connectivity index is 1.60. The Morgan fingerprint density at radius 2 is 1.79 bits per heavy atom. The number of halogens is 6. The molecular weight excluding hydrogens is 619 g/mol. The minimum atomic E-state index is -4.95. The van der Waals surface area contributed by atoms with Crippen molar-refractivity contribution in [2.45, 2.75) is 18.0 Å². The maximum Gasteiger partial charge on any atom is 0.416 e. The van der Waals surface area contributed by atoms with Crippen molar-refractivity contribution in [2.24, 2.45) is 0 Å².